The number of hydrogen-bond acceptors (Lipinski definition) is 5. The van der Waals surface area contributed by atoms with E-state index >= 15 is 0 Å². The second-order valence-corrected chi connectivity index (χ2v) is 7.24. The van der Waals surface area contributed by atoms with Gasteiger partial charge in [-0.1, -0.05) is 12.8 Å². The van der Waals surface area contributed by atoms with Crippen LogP contribution >= 0.6 is 0 Å². The van der Waals surface area contributed by atoms with Crippen molar-refractivity contribution in [3.63, 3.8) is 0 Å². The fourth-order valence-corrected chi connectivity index (χ4v) is 3.83. The van der Waals surface area contributed by atoms with Crippen LogP contribution in [0.15, 0.2) is 17.2 Å². The van der Waals surface area contributed by atoms with E-state index in [2.05, 4.69) is 21.9 Å². The number of hydrogen-bond donors (Lipinski definition) is 1. The third-order valence-corrected chi connectivity index (χ3v) is 5.26. The average molecular weight is 348 g/mol. The van der Waals surface area contributed by atoms with E-state index in [1.165, 1.54) is 38.1 Å². The molecule has 25 heavy (non-hydrogen) atoms. The van der Waals surface area contributed by atoms with Gasteiger partial charge >= 0.3 is 0 Å². The summed E-state index contributed by atoms with van der Waals surface area (Å²) in [6, 6.07) is 2.06. The molecule has 3 rings (SSSR count). The minimum Gasteiger partial charge on any atom is -0.379 e. The quantitative estimate of drug-likeness (QED) is 0.846. The highest BCUT2D eigenvalue weighted by atomic mass is 16.5. The predicted molar refractivity (Wildman–Crippen MR) is 94.3 cm³/mol. The summed E-state index contributed by atoms with van der Waals surface area (Å²) >= 11 is 0. The molecule has 1 aliphatic carbocycles. The topological polar surface area (TPSA) is 78.5 Å². The van der Waals surface area contributed by atoms with Crippen LogP contribution in [0.5, 0.6) is 0 Å². The molecular weight excluding hydrogens is 320 g/mol. The Hall–Kier alpha value is -1.73. The molecule has 1 N–H and O–H groups in total. The van der Waals surface area contributed by atoms with Crippen LogP contribution in [-0.2, 0) is 16.0 Å². The summed E-state index contributed by atoms with van der Waals surface area (Å²) in [5.41, 5.74) is 0.598. The Bertz CT molecular complexity index is 627. The molecule has 2 heterocycles. The van der Waals surface area contributed by atoms with Crippen LogP contribution in [0.1, 0.15) is 31.4 Å². The number of aromatic amines is 1. The summed E-state index contributed by atoms with van der Waals surface area (Å²) in [5.74, 6) is 0.335. The molecular formula is C18H28N4O3. The molecule has 1 saturated heterocycles. The molecule has 2 fully saturated rings. The second kappa shape index (κ2) is 8.58. The molecule has 0 aromatic carbocycles. The first-order valence-corrected chi connectivity index (χ1v) is 9.21. The van der Waals surface area contributed by atoms with Gasteiger partial charge in [-0.2, -0.15) is 0 Å². The number of aromatic nitrogens is 2. The van der Waals surface area contributed by atoms with E-state index < -0.39 is 0 Å². The van der Waals surface area contributed by atoms with E-state index in [0.29, 0.717) is 45.3 Å². The van der Waals surface area contributed by atoms with Crippen molar-refractivity contribution < 1.29 is 9.53 Å². The number of H-pyrrole nitrogens is 1. The number of ether oxygens (including phenoxy) is 1. The zero-order valence-electron chi connectivity index (χ0n) is 14.9. The van der Waals surface area contributed by atoms with Crippen molar-refractivity contribution >= 4 is 5.91 Å². The lowest BCUT2D eigenvalue weighted by Crippen LogP contribution is -2.44. The highest BCUT2D eigenvalue weighted by Gasteiger charge is 2.26. The number of amides is 1. The summed E-state index contributed by atoms with van der Waals surface area (Å²) in [6.45, 7) is 2.93. The van der Waals surface area contributed by atoms with Crippen molar-refractivity contribution in [1.29, 1.82) is 0 Å². The molecule has 2 aliphatic rings. The average Bonchev–Trinajstić information content (AvgIpc) is 3.02. The Morgan fingerprint density at radius 2 is 2.24 bits per heavy atom. The molecule has 1 atom stereocenters. The maximum atomic E-state index is 12.7. The van der Waals surface area contributed by atoms with Crippen molar-refractivity contribution in [2.45, 2.75) is 38.1 Å². The smallest absolute Gasteiger partial charge is 0.250 e. The number of carbonyl (C=O) groups excluding carboxylic acids is 1. The van der Waals surface area contributed by atoms with Gasteiger partial charge in [0, 0.05) is 36.8 Å². The third kappa shape index (κ3) is 5.12. The van der Waals surface area contributed by atoms with Gasteiger partial charge in [0.15, 0.2) is 0 Å². The number of rotatable bonds is 5. The highest BCUT2D eigenvalue weighted by Crippen LogP contribution is 2.22. The van der Waals surface area contributed by atoms with Crippen LogP contribution in [0.25, 0.3) is 0 Å². The first kappa shape index (κ1) is 18.1. The molecule has 0 spiro atoms. The van der Waals surface area contributed by atoms with Crippen molar-refractivity contribution in [2.75, 3.05) is 39.9 Å². The number of nitrogens with one attached hydrogen (secondary N) is 1. The predicted octanol–water partition coefficient (Wildman–Crippen LogP) is 0.662. The summed E-state index contributed by atoms with van der Waals surface area (Å²) in [4.78, 5) is 35.0. The fourth-order valence-electron chi connectivity index (χ4n) is 3.83. The Kier molecular flexibility index (Phi) is 6.20. The molecule has 0 unspecified atom stereocenters. The molecule has 0 radical (unpaired) electrons. The van der Waals surface area contributed by atoms with E-state index in [-0.39, 0.29) is 17.4 Å². The Morgan fingerprint density at radius 3 is 3.00 bits per heavy atom. The van der Waals surface area contributed by atoms with Gasteiger partial charge in [0.1, 0.15) is 0 Å². The summed E-state index contributed by atoms with van der Waals surface area (Å²) < 4.78 is 5.67. The van der Waals surface area contributed by atoms with E-state index in [0.717, 1.165) is 5.69 Å². The fraction of sp³-hybridized carbons (Fsp3) is 0.722. The zero-order valence-corrected chi connectivity index (χ0v) is 14.9. The van der Waals surface area contributed by atoms with Crippen molar-refractivity contribution in [2.24, 2.45) is 5.92 Å². The normalized spacial score (nSPS) is 22.3. The molecule has 1 amide bonds. The zero-order chi connectivity index (χ0) is 17.6. The minimum absolute atomic E-state index is 0.148. The van der Waals surface area contributed by atoms with Crippen LogP contribution in [0.4, 0.5) is 0 Å². The first-order valence-electron chi connectivity index (χ1n) is 9.21. The Labute approximate surface area is 148 Å². The highest BCUT2D eigenvalue weighted by molar-refractivity contribution is 5.78. The number of likely N-dealkylation sites (N-methyl/N-ethyl adjacent to an activating group) is 1. The summed E-state index contributed by atoms with van der Waals surface area (Å²) in [6.07, 6.45) is 7.01. The first-order chi connectivity index (χ1) is 12.1. The lowest BCUT2D eigenvalue weighted by atomic mass is 10.0. The molecule has 7 heteroatoms. The standard InChI is InChI=1S/C18H28N4O3/c1-21(16-4-2-3-5-16)11-18(24)22-6-7-25-12-14(10-22)8-15-9-17(23)20-13-19-15/h9,13-14,16H,2-8,10-12H2,1H3,(H,19,20,23)/t14-/m0/s1. The molecule has 0 bridgehead atoms. The summed E-state index contributed by atoms with van der Waals surface area (Å²) in [7, 11) is 2.06. The van der Waals surface area contributed by atoms with E-state index in [1.54, 1.807) is 0 Å². The lowest BCUT2D eigenvalue weighted by Gasteiger charge is -2.28. The minimum atomic E-state index is -0.148. The Morgan fingerprint density at radius 1 is 1.44 bits per heavy atom. The van der Waals surface area contributed by atoms with Crippen LogP contribution in [0.3, 0.4) is 0 Å². The number of nitrogens with zero attached hydrogens (tertiary/aromatic N) is 3. The van der Waals surface area contributed by atoms with Gasteiger partial charge in [-0.15, -0.1) is 0 Å². The molecule has 1 aromatic rings. The summed E-state index contributed by atoms with van der Waals surface area (Å²) in [5, 5.41) is 0. The van der Waals surface area contributed by atoms with Gasteiger partial charge in [0.05, 0.1) is 26.1 Å². The van der Waals surface area contributed by atoms with Gasteiger partial charge in [0.2, 0.25) is 5.91 Å². The van der Waals surface area contributed by atoms with Crippen LogP contribution in [-0.4, -0.2) is 71.6 Å². The molecule has 1 aromatic heterocycles. The Balaban J connectivity index is 1.57. The molecule has 7 nitrogen and oxygen atoms in total. The van der Waals surface area contributed by atoms with Gasteiger partial charge in [-0.05, 0) is 26.3 Å². The molecule has 1 saturated carbocycles. The largest absolute Gasteiger partial charge is 0.379 e. The molecule has 1 aliphatic heterocycles. The lowest BCUT2D eigenvalue weighted by molar-refractivity contribution is -0.133. The van der Waals surface area contributed by atoms with Crippen molar-refractivity contribution in [3.8, 4) is 0 Å². The van der Waals surface area contributed by atoms with Crippen molar-refractivity contribution in [1.82, 2.24) is 19.8 Å². The molecule has 138 valence electrons. The van der Waals surface area contributed by atoms with E-state index in [1.807, 2.05) is 4.90 Å². The van der Waals surface area contributed by atoms with Gasteiger partial charge in [-0.3, -0.25) is 14.5 Å². The number of carbonyl (C=O) groups is 1. The SMILES string of the molecule is CN(CC(=O)N1CCOC[C@@H](Cc2cc(=O)[nH]cn2)C1)C1CCCC1. The van der Waals surface area contributed by atoms with E-state index in [4.69, 9.17) is 4.74 Å². The van der Waals surface area contributed by atoms with Crippen LogP contribution in [0, 0.1) is 5.92 Å². The van der Waals surface area contributed by atoms with E-state index in [9.17, 15) is 9.59 Å². The van der Waals surface area contributed by atoms with Crippen molar-refractivity contribution in [3.05, 3.63) is 28.4 Å². The van der Waals surface area contributed by atoms with Gasteiger partial charge in [-0.25, -0.2) is 4.98 Å². The maximum Gasteiger partial charge on any atom is 0.250 e. The second-order valence-electron chi connectivity index (χ2n) is 7.24. The third-order valence-electron chi connectivity index (χ3n) is 5.26. The van der Waals surface area contributed by atoms with Crippen LogP contribution < -0.4 is 5.56 Å². The van der Waals surface area contributed by atoms with Gasteiger partial charge < -0.3 is 14.6 Å². The van der Waals surface area contributed by atoms with Gasteiger partial charge in [0.25, 0.3) is 5.56 Å². The monoisotopic (exact) mass is 348 g/mol. The maximum absolute atomic E-state index is 12.7. The van der Waals surface area contributed by atoms with Crippen LogP contribution in [0.2, 0.25) is 0 Å².